The second-order valence-corrected chi connectivity index (χ2v) is 11.7. The van der Waals surface area contributed by atoms with Crippen molar-refractivity contribution in [2.45, 2.75) is 37.5 Å². The lowest BCUT2D eigenvalue weighted by molar-refractivity contribution is 0.0787. The number of hydrogen-bond acceptors (Lipinski definition) is 5. The van der Waals surface area contributed by atoms with Gasteiger partial charge >= 0.3 is 0 Å². The first-order valence-corrected chi connectivity index (χ1v) is 13.3. The number of hydrogen-bond donors (Lipinski definition) is 1. The molecule has 1 N–H and O–H groups in total. The van der Waals surface area contributed by atoms with E-state index in [-0.39, 0.29) is 17.5 Å². The van der Waals surface area contributed by atoms with Crippen molar-refractivity contribution < 1.29 is 22.4 Å². The minimum Gasteiger partial charge on any atom is -0.336 e. The molecule has 1 saturated carbocycles. The Balaban J connectivity index is 1.40. The van der Waals surface area contributed by atoms with Crippen LogP contribution in [-0.2, 0) is 10.0 Å². The van der Waals surface area contributed by atoms with Crippen molar-refractivity contribution in [3.8, 4) is 0 Å². The van der Waals surface area contributed by atoms with E-state index in [9.17, 15) is 22.4 Å². The Morgan fingerprint density at radius 1 is 1.09 bits per heavy atom. The van der Waals surface area contributed by atoms with Crippen molar-refractivity contribution >= 4 is 55.9 Å². The topological polar surface area (TPSA) is 101 Å². The van der Waals surface area contributed by atoms with E-state index >= 15 is 0 Å². The normalized spacial score (nSPS) is 18.3. The Morgan fingerprint density at radius 3 is 2.43 bits per heavy atom. The van der Waals surface area contributed by atoms with Crippen LogP contribution in [0, 0.1) is 12.7 Å². The molecule has 2 aromatic carbocycles. The molecule has 0 radical (unpaired) electrons. The largest absolute Gasteiger partial charge is 0.336 e. The van der Waals surface area contributed by atoms with Crippen molar-refractivity contribution in [2.75, 3.05) is 13.1 Å². The van der Waals surface area contributed by atoms with Crippen molar-refractivity contribution in [1.29, 1.82) is 0 Å². The Labute approximate surface area is 211 Å². The summed E-state index contributed by atoms with van der Waals surface area (Å²) in [5, 5.41) is 5.21. The number of nitrogens with one attached hydrogen (secondary N) is 1. The third-order valence-corrected chi connectivity index (χ3v) is 8.58. The lowest BCUT2D eigenvalue weighted by Gasteiger charge is -2.17. The molecule has 35 heavy (non-hydrogen) atoms. The number of amides is 2. The van der Waals surface area contributed by atoms with Gasteiger partial charge in [0, 0.05) is 40.2 Å². The van der Waals surface area contributed by atoms with Gasteiger partial charge < -0.3 is 4.90 Å². The number of aromatic nitrogens is 2. The summed E-state index contributed by atoms with van der Waals surface area (Å²) >= 11 is 12.1. The number of likely N-dealkylation sites (tertiary alicyclic amines) is 1. The average Bonchev–Trinajstić information content (AvgIpc) is 3.46. The molecule has 1 aromatic heterocycles. The number of halogens is 3. The molecule has 2 heterocycles. The summed E-state index contributed by atoms with van der Waals surface area (Å²) in [4.78, 5) is 27.1. The Bertz CT molecular complexity index is 1470. The molecule has 8 nitrogen and oxygen atoms in total. The van der Waals surface area contributed by atoms with Crippen LogP contribution >= 0.6 is 23.2 Å². The average molecular weight is 539 g/mol. The highest BCUT2D eigenvalue weighted by molar-refractivity contribution is 7.91. The second kappa shape index (κ2) is 8.76. The molecule has 184 valence electrons. The molecule has 0 bridgehead atoms. The summed E-state index contributed by atoms with van der Waals surface area (Å²) < 4.78 is 42.8. The fourth-order valence-corrected chi connectivity index (χ4v) is 6.21. The van der Waals surface area contributed by atoms with Gasteiger partial charge in [0.1, 0.15) is 5.82 Å². The molecule has 0 unspecified atom stereocenters. The molecule has 1 aliphatic heterocycles. The van der Waals surface area contributed by atoms with E-state index in [2.05, 4.69) is 5.10 Å². The summed E-state index contributed by atoms with van der Waals surface area (Å²) in [6.45, 7) is 2.55. The van der Waals surface area contributed by atoms with Crippen LogP contribution in [0.2, 0.25) is 10.0 Å². The van der Waals surface area contributed by atoms with Crippen LogP contribution < -0.4 is 4.72 Å². The van der Waals surface area contributed by atoms with Gasteiger partial charge in [0.15, 0.2) is 0 Å². The minimum absolute atomic E-state index is 0.209. The number of nitrogens with zero attached hydrogens (tertiary/aromatic N) is 3. The van der Waals surface area contributed by atoms with Crippen molar-refractivity contribution in [3.63, 3.8) is 0 Å². The fraction of sp³-hybridized carbons (Fsp3) is 0.348. The monoisotopic (exact) mass is 538 g/mol. The van der Waals surface area contributed by atoms with Crippen LogP contribution in [0.3, 0.4) is 0 Å². The molecule has 2 amide bonds. The molecule has 0 spiro atoms. The van der Waals surface area contributed by atoms with Gasteiger partial charge in [-0.25, -0.2) is 17.5 Å². The third kappa shape index (κ3) is 4.62. The summed E-state index contributed by atoms with van der Waals surface area (Å²) in [5.41, 5.74) is 1.05. The zero-order valence-corrected chi connectivity index (χ0v) is 20.9. The van der Waals surface area contributed by atoms with Crippen molar-refractivity contribution in [1.82, 2.24) is 19.4 Å². The van der Waals surface area contributed by atoms with Gasteiger partial charge in [-0.2, -0.15) is 5.10 Å². The quantitative estimate of drug-likeness (QED) is 0.526. The first kappa shape index (κ1) is 24.0. The van der Waals surface area contributed by atoms with E-state index in [1.807, 2.05) is 4.72 Å². The first-order chi connectivity index (χ1) is 16.5. The van der Waals surface area contributed by atoms with Crippen LogP contribution in [-0.4, -0.2) is 53.3 Å². The van der Waals surface area contributed by atoms with E-state index in [4.69, 9.17) is 23.2 Å². The number of carbonyl (C=O) groups excluding carboxylic acids is 2. The summed E-state index contributed by atoms with van der Waals surface area (Å²) in [5.74, 6) is -2.06. The maximum Gasteiger partial charge on any atom is 0.267 e. The maximum absolute atomic E-state index is 15.0. The van der Waals surface area contributed by atoms with Crippen LogP contribution in [0.1, 0.15) is 51.7 Å². The zero-order valence-electron chi connectivity index (χ0n) is 18.6. The van der Waals surface area contributed by atoms with Crippen LogP contribution in [0.25, 0.3) is 10.9 Å². The maximum atomic E-state index is 15.0. The van der Waals surface area contributed by atoms with Gasteiger partial charge in [0.25, 0.3) is 11.8 Å². The van der Waals surface area contributed by atoms with Crippen molar-refractivity contribution in [2.24, 2.45) is 0 Å². The van der Waals surface area contributed by atoms with Crippen LogP contribution in [0.15, 0.2) is 30.3 Å². The lowest BCUT2D eigenvalue weighted by Crippen LogP contribution is -2.33. The van der Waals surface area contributed by atoms with Gasteiger partial charge in [0.2, 0.25) is 10.0 Å². The van der Waals surface area contributed by atoms with Gasteiger partial charge in [-0.05, 0) is 50.5 Å². The van der Waals surface area contributed by atoms with Gasteiger partial charge in [-0.15, -0.1) is 0 Å². The van der Waals surface area contributed by atoms with E-state index < -0.39 is 27.0 Å². The number of fused-ring (bicyclic) bond motifs is 1. The first-order valence-electron chi connectivity index (χ1n) is 11.0. The Kier molecular flexibility index (Phi) is 6.01. The predicted molar refractivity (Wildman–Crippen MR) is 130 cm³/mol. The Morgan fingerprint density at radius 2 is 1.77 bits per heavy atom. The summed E-state index contributed by atoms with van der Waals surface area (Å²) in [7, 11) is -3.81. The highest BCUT2D eigenvalue weighted by Gasteiger charge is 2.37. The lowest BCUT2D eigenvalue weighted by atomic mass is 10.1. The van der Waals surface area contributed by atoms with E-state index in [0.717, 1.165) is 0 Å². The molecule has 2 fully saturated rings. The molecule has 3 aromatic rings. The molecule has 1 saturated heterocycles. The van der Waals surface area contributed by atoms with E-state index in [1.165, 1.54) is 12.1 Å². The summed E-state index contributed by atoms with van der Waals surface area (Å²) in [6, 6.07) is 6.97. The van der Waals surface area contributed by atoms with E-state index in [0.29, 0.717) is 64.6 Å². The SMILES string of the molecule is Cc1nn([C@@H]2CCN(C(=O)c3cc(Cl)cc(Cl)c3)C2)c2cc(F)c(C(=O)NS(=O)(=O)C3CC3)cc12. The standard InChI is InChI=1S/C23H21Cl2FN4O4S/c1-12-18-9-19(22(31)28-35(33,34)17-2-3-17)20(26)10-21(18)30(27-12)16-4-5-29(11-16)23(32)13-6-14(24)8-15(25)7-13/h6-10,16-17H,2-5,11H2,1H3,(H,28,31)/t16-/m1/s1. The zero-order chi connectivity index (χ0) is 25.1. The van der Waals surface area contributed by atoms with Gasteiger partial charge in [-0.1, -0.05) is 23.2 Å². The second-order valence-electron chi connectivity index (χ2n) is 8.91. The Hall–Kier alpha value is -2.69. The van der Waals surface area contributed by atoms with Crippen molar-refractivity contribution in [3.05, 3.63) is 63.0 Å². The molecule has 12 heteroatoms. The third-order valence-electron chi connectivity index (χ3n) is 6.33. The smallest absolute Gasteiger partial charge is 0.267 e. The predicted octanol–water partition coefficient (Wildman–Crippen LogP) is 4.10. The van der Waals surface area contributed by atoms with Crippen LogP contribution in [0.5, 0.6) is 0 Å². The summed E-state index contributed by atoms with van der Waals surface area (Å²) in [6.07, 6.45) is 1.57. The van der Waals surface area contributed by atoms with Gasteiger partial charge in [0.05, 0.1) is 28.1 Å². The highest BCUT2D eigenvalue weighted by Crippen LogP contribution is 2.31. The minimum atomic E-state index is -3.81. The molecular weight excluding hydrogens is 518 g/mol. The molecule has 1 aliphatic carbocycles. The molecular formula is C23H21Cl2FN4O4S. The number of carbonyl (C=O) groups is 2. The molecule has 2 aliphatic rings. The highest BCUT2D eigenvalue weighted by atomic mass is 35.5. The number of sulfonamides is 1. The van der Waals surface area contributed by atoms with Gasteiger partial charge in [-0.3, -0.25) is 14.3 Å². The molecule has 5 rings (SSSR count). The fourth-order valence-electron chi connectivity index (χ4n) is 4.40. The van der Waals surface area contributed by atoms with E-state index in [1.54, 1.807) is 34.7 Å². The van der Waals surface area contributed by atoms with Crippen LogP contribution in [0.4, 0.5) is 4.39 Å². The number of benzene rings is 2. The number of aryl methyl sites for hydroxylation is 1. The number of rotatable bonds is 5. The molecule has 1 atom stereocenters.